The molecule has 0 spiro atoms. The summed E-state index contributed by atoms with van der Waals surface area (Å²) in [5, 5.41) is 28.8. The van der Waals surface area contributed by atoms with Gasteiger partial charge in [0, 0.05) is 54.2 Å². The number of alkyl halides is 12. The fourth-order valence-corrected chi connectivity index (χ4v) is 15.9. The average Bonchev–Trinajstić information content (AvgIpc) is 1.52. The van der Waals surface area contributed by atoms with Crippen LogP contribution in [0, 0.1) is 43.4 Å². The molecule has 108 heavy (non-hydrogen) atoms. The van der Waals surface area contributed by atoms with E-state index < -0.39 is 63.5 Å². The molecule has 0 aliphatic rings. The summed E-state index contributed by atoms with van der Waals surface area (Å²) in [5.41, 5.74) is 2.48. The monoisotopic (exact) mass is 1460 g/mol. The Labute approximate surface area is 611 Å². The average molecular weight is 1460 g/mol. The molecule has 0 radical (unpaired) electrons. The number of para-hydroxylation sites is 2. The molecular weight excluding hydrogens is 1390 g/mol. The second-order valence-electron chi connectivity index (χ2n) is 29.9. The SMILES string of the molecule is Cc1ccc2c(c1)c1cc(CCC(C)(C)c3ccc4c5ccccc5n(-c5cc(C#N)c(-n6c7ccccc7c7ccc(C(C)(C)C)cc76)cc5-c5ccc(C(F)(F)F)cc5C(F)(F)F)c4c3)ccc1n2-c1cc(-c2ccc(C(F)(F)F)cc2C(F)(F)F)c(-n2c3ccc(C)cc3c3cc(C)ccc32)cc1C#N. The number of benzene rings is 12. The number of fused-ring (bicyclic) bond motifs is 12. The molecule has 16 rings (SSSR count). The molecule has 0 saturated heterocycles. The van der Waals surface area contributed by atoms with Crippen molar-refractivity contribution in [3.05, 3.63) is 285 Å². The zero-order chi connectivity index (χ0) is 76.4. The predicted octanol–water partition coefficient (Wildman–Crippen LogP) is 26.4. The summed E-state index contributed by atoms with van der Waals surface area (Å²) in [5.74, 6) is 0. The van der Waals surface area contributed by atoms with Crippen molar-refractivity contribution in [3.63, 3.8) is 0 Å². The molecule has 6 nitrogen and oxygen atoms in total. The molecule has 0 aliphatic heterocycles. The van der Waals surface area contributed by atoms with E-state index in [1.807, 2.05) is 198 Å². The van der Waals surface area contributed by atoms with Crippen molar-refractivity contribution in [2.75, 3.05) is 0 Å². The molecule has 12 aromatic carbocycles. The molecule has 0 fully saturated rings. The lowest BCUT2D eigenvalue weighted by Gasteiger charge is -2.26. The third-order valence-corrected chi connectivity index (χ3v) is 21.4. The van der Waals surface area contributed by atoms with E-state index in [9.17, 15) is 36.9 Å². The predicted molar refractivity (Wildman–Crippen MR) is 405 cm³/mol. The van der Waals surface area contributed by atoms with Crippen LogP contribution in [0.4, 0.5) is 52.7 Å². The molecule has 0 atom stereocenters. The minimum absolute atomic E-state index is 0.0585. The third kappa shape index (κ3) is 11.7. The van der Waals surface area contributed by atoms with Gasteiger partial charge in [-0.05, 0) is 194 Å². The van der Waals surface area contributed by atoms with Gasteiger partial charge in [-0.2, -0.15) is 63.2 Å². The van der Waals surface area contributed by atoms with Gasteiger partial charge in [-0.25, -0.2) is 0 Å². The zero-order valence-electron chi connectivity index (χ0n) is 59.4. The molecule has 538 valence electrons. The maximum atomic E-state index is 15.8. The Balaban J connectivity index is 0.846. The summed E-state index contributed by atoms with van der Waals surface area (Å²) in [7, 11) is 0. The summed E-state index contributed by atoms with van der Waals surface area (Å²) < 4.78 is 189. The van der Waals surface area contributed by atoms with Gasteiger partial charge in [0.1, 0.15) is 12.1 Å². The molecule has 18 heteroatoms. The van der Waals surface area contributed by atoms with Gasteiger partial charge in [0.2, 0.25) is 0 Å². The summed E-state index contributed by atoms with van der Waals surface area (Å²) in [6.45, 7) is 16.0. The van der Waals surface area contributed by atoms with Gasteiger partial charge >= 0.3 is 24.7 Å². The van der Waals surface area contributed by atoms with Crippen LogP contribution in [0.1, 0.15) is 108 Å². The molecular formula is C90H64F12N6. The minimum Gasteiger partial charge on any atom is -0.309 e. The molecule has 0 bridgehead atoms. The molecule has 4 heterocycles. The Kier molecular flexibility index (Phi) is 16.1. The number of hydrogen-bond donors (Lipinski definition) is 0. The fourth-order valence-electron chi connectivity index (χ4n) is 15.9. The van der Waals surface area contributed by atoms with Crippen molar-refractivity contribution in [1.29, 1.82) is 10.5 Å². The minimum atomic E-state index is -5.30. The van der Waals surface area contributed by atoms with Crippen molar-refractivity contribution in [2.45, 2.75) is 104 Å². The molecule has 0 aliphatic carbocycles. The smallest absolute Gasteiger partial charge is 0.309 e. The van der Waals surface area contributed by atoms with Crippen molar-refractivity contribution in [1.82, 2.24) is 18.3 Å². The molecule has 0 saturated carbocycles. The van der Waals surface area contributed by atoms with E-state index in [1.165, 1.54) is 24.3 Å². The lowest BCUT2D eigenvalue weighted by atomic mass is 9.79. The lowest BCUT2D eigenvalue weighted by molar-refractivity contribution is -0.144. The van der Waals surface area contributed by atoms with Crippen LogP contribution in [0.3, 0.4) is 0 Å². The highest BCUT2D eigenvalue weighted by atomic mass is 19.4. The number of aryl methyl sites for hydroxylation is 4. The largest absolute Gasteiger partial charge is 0.417 e. The van der Waals surface area contributed by atoms with Crippen molar-refractivity contribution in [3.8, 4) is 57.1 Å². The number of rotatable bonds is 10. The number of aromatic nitrogens is 4. The van der Waals surface area contributed by atoms with Gasteiger partial charge in [0.25, 0.3) is 0 Å². The highest BCUT2D eigenvalue weighted by Gasteiger charge is 2.42. The fraction of sp³-hybridized carbons (Fsp3) is 0.178. The number of halogens is 12. The molecule has 0 N–H and O–H groups in total. The first-order valence-corrected chi connectivity index (χ1v) is 35.0. The van der Waals surface area contributed by atoms with E-state index in [4.69, 9.17) is 0 Å². The quantitative estimate of drug-likeness (QED) is 0.128. The molecule has 0 unspecified atom stereocenters. The van der Waals surface area contributed by atoms with Gasteiger partial charge in [0.15, 0.2) is 0 Å². The maximum Gasteiger partial charge on any atom is 0.417 e. The third-order valence-electron chi connectivity index (χ3n) is 21.4. The highest BCUT2D eigenvalue weighted by molar-refractivity contribution is 6.14. The van der Waals surface area contributed by atoms with Gasteiger partial charge in [-0.15, -0.1) is 0 Å². The van der Waals surface area contributed by atoms with Crippen LogP contribution in [0.5, 0.6) is 0 Å². The van der Waals surface area contributed by atoms with Crippen LogP contribution in [0.15, 0.2) is 218 Å². The Bertz CT molecular complexity index is 6520. The van der Waals surface area contributed by atoms with Crippen molar-refractivity contribution in [2.24, 2.45) is 0 Å². The van der Waals surface area contributed by atoms with Gasteiger partial charge < -0.3 is 18.3 Å². The van der Waals surface area contributed by atoms with Crippen LogP contribution < -0.4 is 0 Å². The Hall–Kier alpha value is -12.0. The van der Waals surface area contributed by atoms with Gasteiger partial charge in [0.05, 0.1) is 100 Å². The lowest BCUT2D eigenvalue weighted by Crippen LogP contribution is -2.18. The first kappa shape index (κ1) is 70.3. The molecule has 0 amide bonds. The van der Waals surface area contributed by atoms with Gasteiger partial charge in [-0.1, -0.05) is 148 Å². The van der Waals surface area contributed by atoms with Crippen LogP contribution in [-0.4, -0.2) is 18.3 Å². The Morgan fingerprint density at radius 2 is 0.648 bits per heavy atom. The summed E-state index contributed by atoms with van der Waals surface area (Å²) >= 11 is 0. The van der Waals surface area contributed by atoms with Crippen molar-refractivity contribution >= 4 is 87.2 Å². The summed E-state index contributed by atoms with van der Waals surface area (Å²) in [6, 6.07) is 63.5. The van der Waals surface area contributed by atoms with E-state index in [0.717, 1.165) is 77.8 Å². The normalized spacial score (nSPS) is 12.9. The van der Waals surface area contributed by atoms with E-state index in [0.29, 0.717) is 79.9 Å². The second kappa shape index (κ2) is 24.8. The maximum absolute atomic E-state index is 15.8. The number of nitrogens with zero attached hydrogens (tertiary/aromatic N) is 6. The van der Waals surface area contributed by atoms with E-state index in [1.54, 1.807) is 19.8 Å². The van der Waals surface area contributed by atoms with Crippen LogP contribution in [-0.2, 0) is 42.0 Å². The van der Waals surface area contributed by atoms with E-state index >= 15 is 26.3 Å². The molecule has 4 aromatic heterocycles. The first-order chi connectivity index (χ1) is 51.1. The summed E-state index contributed by atoms with van der Waals surface area (Å²) in [6.07, 6.45) is -19.9. The van der Waals surface area contributed by atoms with Crippen LogP contribution in [0.2, 0.25) is 0 Å². The Morgan fingerprint density at radius 1 is 0.296 bits per heavy atom. The summed E-state index contributed by atoms with van der Waals surface area (Å²) in [4.78, 5) is 0. The van der Waals surface area contributed by atoms with E-state index in [-0.39, 0.29) is 62.6 Å². The Morgan fingerprint density at radius 3 is 1.06 bits per heavy atom. The topological polar surface area (TPSA) is 67.3 Å². The standard InChI is InChI=1S/C90H64F12N6/c1-49-18-30-76-65(35-49)66-36-50(2)19-31-77(66)106(76)81-39-53(47-103)79(45-69(81)59-25-23-57(87(91,92)93)41-71(59)89(97,98)99)105-75-29-17-51(3)37-67(75)68-38-52(20-32-78(68)105)33-34-86(7,8)56-22-28-64-62-14-10-12-16-74(62)108(84(64)44-56)82-40-54(48-104)80(46-70(82)60-26-24-58(88(94,95)96)42-72(60)90(100,101)102)107-73-15-11-9-13-61(73)63-27-21-55(43-83(63)107)85(4,5)6/h9-32,35-46H,33-34H2,1-8H3. The van der Waals surface area contributed by atoms with Crippen molar-refractivity contribution < 1.29 is 52.7 Å². The second-order valence-corrected chi connectivity index (χ2v) is 29.9. The number of hydrogen-bond acceptors (Lipinski definition) is 2. The van der Waals surface area contributed by atoms with Crippen LogP contribution >= 0.6 is 0 Å². The number of nitriles is 2. The molecule has 16 aromatic rings. The highest BCUT2D eigenvalue weighted by Crippen LogP contribution is 2.51. The first-order valence-electron chi connectivity index (χ1n) is 35.0. The van der Waals surface area contributed by atoms with Crippen LogP contribution in [0.25, 0.3) is 132 Å². The van der Waals surface area contributed by atoms with Gasteiger partial charge in [-0.3, -0.25) is 0 Å². The van der Waals surface area contributed by atoms with E-state index in [2.05, 4.69) is 26.0 Å². The zero-order valence-corrected chi connectivity index (χ0v) is 59.4.